The van der Waals surface area contributed by atoms with E-state index in [1.165, 1.54) is 0 Å². The summed E-state index contributed by atoms with van der Waals surface area (Å²) in [6, 6.07) is 11.4. The van der Waals surface area contributed by atoms with Crippen LogP contribution in [0.2, 0.25) is 0 Å². The summed E-state index contributed by atoms with van der Waals surface area (Å²) in [7, 11) is 0. The van der Waals surface area contributed by atoms with Crippen LogP contribution in [-0.4, -0.2) is 31.4 Å². The molecular formula is C20H17N5O2. The molecule has 0 saturated carbocycles. The Morgan fingerprint density at radius 3 is 2.93 bits per heavy atom. The molecule has 4 heterocycles. The quantitative estimate of drug-likeness (QED) is 0.605. The van der Waals surface area contributed by atoms with Crippen LogP contribution >= 0.6 is 0 Å². The van der Waals surface area contributed by atoms with E-state index in [0.29, 0.717) is 36.8 Å². The molecule has 0 saturated heterocycles. The zero-order valence-electron chi connectivity index (χ0n) is 14.6. The maximum atomic E-state index is 12.6. The molecule has 0 spiro atoms. The molecule has 27 heavy (non-hydrogen) atoms. The summed E-state index contributed by atoms with van der Waals surface area (Å²) in [5, 5.41) is 0. The van der Waals surface area contributed by atoms with Gasteiger partial charge in [-0.05, 0) is 24.3 Å². The van der Waals surface area contributed by atoms with Gasteiger partial charge in [-0.25, -0.2) is 9.97 Å². The smallest absolute Gasteiger partial charge is 0.255 e. The molecule has 1 aliphatic heterocycles. The van der Waals surface area contributed by atoms with Crippen LogP contribution in [-0.2, 0) is 19.5 Å². The molecule has 0 fully saturated rings. The van der Waals surface area contributed by atoms with Crippen LogP contribution in [0.5, 0.6) is 0 Å². The van der Waals surface area contributed by atoms with Crippen molar-refractivity contribution in [3.05, 3.63) is 76.3 Å². The summed E-state index contributed by atoms with van der Waals surface area (Å²) in [5.41, 5.74) is 3.92. The van der Waals surface area contributed by atoms with Gasteiger partial charge in [-0.1, -0.05) is 12.1 Å². The number of oxazole rings is 1. The van der Waals surface area contributed by atoms with Gasteiger partial charge in [-0.2, -0.15) is 0 Å². The fraction of sp³-hybridized carbons (Fsp3) is 0.200. The van der Waals surface area contributed by atoms with Crippen molar-refractivity contribution in [2.24, 2.45) is 0 Å². The van der Waals surface area contributed by atoms with Gasteiger partial charge in [0.1, 0.15) is 11.3 Å². The number of aromatic amines is 1. The monoisotopic (exact) mass is 359 g/mol. The van der Waals surface area contributed by atoms with E-state index < -0.39 is 0 Å². The molecule has 0 unspecified atom stereocenters. The van der Waals surface area contributed by atoms with Crippen LogP contribution in [0.4, 0.5) is 0 Å². The predicted octanol–water partition coefficient (Wildman–Crippen LogP) is 2.53. The van der Waals surface area contributed by atoms with Crippen molar-refractivity contribution in [2.75, 3.05) is 6.54 Å². The van der Waals surface area contributed by atoms with E-state index >= 15 is 0 Å². The summed E-state index contributed by atoms with van der Waals surface area (Å²) in [6.45, 7) is 1.90. The number of fused-ring (bicyclic) bond motifs is 2. The van der Waals surface area contributed by atoms with Crippen LogP contribution in [0, 0.1) is 0 Å². The molecule has 7 heteroatoms. The Morgan fingerprint density at radius 1 is 1.15 bits per heavy atom. The Balaban J connectivity index is 1.40. The lowest BCUT2D eigenvalue weighted by Gasteiger charge is -2.26. The third kappa shape index (κ3) is 3.02. The molecule has 1 aromatic carbocycles. The fourth-order valence-electron chi connectivity index (χ4n) is 3.43. The second-order valence-corrected chi connectivity index (χ2v) is 6.62. The number of aromatic nitrogens is 4. The van der Waals surface area contributed by atoms with Gasteiger partial charge in [-0.3, -0.25) is 14.7 Å². The minimum absolute atomic E-state index is 0.0962. The molecule has 134 valence electrons. The van der Waals surface area contributed by atoms with E-state index in [1.54, 1.807) is 12.4 Å². The van der Waals surface area contributed by atoms with Crippen molar-refractivity contribution in [2.45, 2.75) is 19.5 Å². The molecule has 7 nitrogen and oxygen atoms in total. The maximum Gasteiger partial charge on any atom is 0.255 e. The molecular weight excluding hydrogens is 342 g/mol. The number of nitrogens with one attached hydrogen (secondary N) is 1. The van der Waals surface area contributed by atoms with E-state index in [2.05, 4.69) is 24.8 Å². The van der Waals surface area contributed by atoms with Gasteiger partial charge in [0.2, 0.25) is 5.89 Å². The Bertz CT molecular complexity index is 1130. The first-order chi connectivity index (χ1) is 13.3. The standard InChI is InChI=1S/C20H17N5O2/c26-20-14-11-25(12-18-22-16-5-1-2-6-17(16)27-18)9-7-15(14)23-19(24-20)13-4-3-8-21-10-13/h1-6,8,10H,7,9,11-12H2,(H,23,24,26). The van der Waals surface area contributed by atoms with E-state index in [4.69, 9.17) is 4.42 Å². The van der Waals surface area contributed by atoms with Crippen molar-refractivity contribution in [1.82, 2.24) is 24.8 Å². The van der Waals surface area contributed by atoms with Gasteiger partial charge in [0.25, 0.3) is 5.56 Å². The van der Waals surface area contributed by atoms with Gasteiger partial charge in [0, 0.05) is 37.5 Å². The van der Waals surface area contributed by atoms with Crippen molar-refractivity contribution in [1.29, 1.82) is 0 Å². The Labute approximate surface area is 154 Å². The fourth-order valence-corrected chi connectivity index (χ4v) is 3.43. The van der Waals surface area contributed by atoms with E-state index in [-0.39, 0.29) is 5.56 Å². The van der Waals surface area contributed by atoms with Crippen LogP contribution < -0.4 is 5.56 Å². The highest BCUT2D eigenvalue weighted by Crippen LogP contribution is 2.21. The van der Waals surface area contributed by atoms with Crippen molar-refractivity contribution in [3.8, 4) is 11.4 Å². The van der Waals surface area contributed by atoms with Gasteiger partial charge >= 0.3 is 0 Å². The molecule has 0 aliphatic carbocycles. The summed E-state index contributed by atoms with van der Waals surface area (Å²) in [6.07, 6.45) is 4.11. The number of pyridine rings is 1. The largest absolute Gasteiger partial charge is 0.439 e. The first-order valence-electron chi connectivity index (χ1n) is 8.85. The lowest BCUT2D eigenvalue weighted by atomic mass is 10.1. The molecule has 0 atom stereocenters. The number of para-hydroxylation sites is 2. The normalized spacial score (nSPS) is 14.4. The predicted molar refractivity (Wildman–Crippen MR) is 99.9 cm³/mol. The lowest BCUT2D eigenvalue weighted by Crippen LogP contribution is -2.35. The topological polar surface area (TPSA) is 87.9 Å². The van der Waals surface area contributed by atoms with Crippen LogP contribution in [0.15, 0.2) is 58.0 Å². The number of benzene rings is 1. The zero-order valence-corrected chi connectivity index (χ0v) is 14.6. The number of hydrogen-bond acceptors (Lipinski definition) is 6. The molecule has 1 aliphatic rings. The Kier molecular flexibility index (Phi) is 3.79. The summed E-state index contributed by atoms with van der Waals surface area (Å²) in [5.74, 6) is 1.23. The zero-order chi connectivity index (χ0) is 18.2. The Morgan fingerprint density at radius 2 is 2.07 bits per heavy atom. The van der Waals surface area contributed by atoms with Crippen LogP contribution in [0.25, 0.3) is 22.5 Å². The minimum atomic E-state index is -0.0962. The number of rotatable bonds is 3. The maximum absolute atomic E-state index is 12.6. The number of hydrogen-bond donors (Lipinski definition) is 1. The third-order valence-electron chi connectivity index (χ3n) is 4.78. The van der Waals surface area contributed by atoms with E-state index in [0.717, 1.165) is 28.9 Å². The molecule has 0 radical (unpaired) electrons. The first kappa shape index (κ1) is 15.9. The molecule has 0 bridgehead atoms. The average Bonchev–Trinajstić information content (AvgIpc) is 3.11. The second-order valence-electron chi connectivity index (χ2n) is 6.62. The highest BCUT2D eigenvalue weighted by atomic mass is 16.3. The molecule has 3 aromatic heterocycles. The lowest BCUT2D eigenvalue weighted by molar-refractivity contribution is 0.220. The number of H-pyrrole nitrogens is 1. The van der Waals surface area contributed by atoms with Crippen molar-refractivity contribution >= 4 is 11.1 Å². The molecule has 1 N–H and O–H groups in total. The molecule has 0 amide bonds. The SMILES string of the molecule is O=c1[nH]c(-c2cccnc2)nc2c1CN(Cc1nc3ccccc3o1)CC2. The van der Waals surface area contributed by atoms with E-state index in [9.17, 15) is 4.79 Å². The van der Waals surface area contributed by atoms with Gasteiger partial charge in [0.05, 0.1) is 17.8 Å². The highest BCUT2D eigenvalue weighted by Gasteiger charge is 2.23. The summed E-state index contributed by atoms with van der Waals surface area (Å²) < 4.78 is 5.80. The first-order valence-corrected chi connectivity index (χ1v) is 8.85. The number of nitrogens with zero attached hydrogens (tertiary/aromatic N) is 4. The second kappa shape index (κ2) is 6.44. The highest BCUT2D eigenvalue weighted by molar-refractivity contribution is 5.72. The Hall–Kier alpha value is -3.32. The van der Waals surface area contributed by atoms with Gasteiger partial charge in [-0.15, -0.1) is 0 Å². The van der Waals surface area contributed by atoms with Crippen molar-refractivity contribution < 1.29 is 4.42 Å². The third-order valence-corrected chi connectivity index (χ3v) is 4.78. The van der Waals surface area contributed by atoms with Gasteiger partial charge < -0.3 is 9.40 Å². The molecule has 5 rings (SSSR count). The van der Waals surface area contributed by atoms with Crippen molar-refractivity contribution in [3.63, 3.8) is 0 Å². The van der Waals surface area contributed by atoms with E-state index in [1.807, 2.05) is 36.4 Å². The summed E-state index contributed by atoms with van der Waals surface area (Å²) >= 11 is 0. The van der Waals surface area contributed by atoms with Crippen LogP contribution in [0.1, 0.15) is 17.1 Å². The minimum Gasteiger partial charge on any atom is -0.439 e. The summed E-state index contributed by atoms with van der Waals surface area (Å²) in [4.78, 5) is 30.9. The average molecular weight is 359 g/mol. The van der Waals surface area contributed by atoms with Gasteiger partial charge in [0.15, 0.2) is 5.58 Å². The molecule has 4 aromatic rings. The van der Waals surface area contributed by atoms with Crippen LogP contribution in [0.3, 0.4) is 0 Å².